The molecule has 1 aromatic carbocycles. The molecule has 0 atom stereocenters. The largest absolute Gasteiger partial charge is 0.379 e. The van der Waals surface area contributed by atoms with Crippen LogP contribution in [0.25, 0.3) is 0 Å². The molecule has 1 heterocycles. The summed E-state index contributed by atoms with van der Waals surface area (Å²) in [7, 11) is -3.62. The van der Waals surface area contributed by atoms with E-state index in [1.54, 1.807) is 18.2 Å². The van der Waals surface area contributed by atoms with Gasteiger partial charge in [-0.05, 0) is 39.3 Å². The Bertz CT molecular complexity index is 775. The monoisotopic (exact) mass is 553 g/mol. The molecule has 1 fully saturated rings. The molecule has 30 heavy (non-hydrogen) atoms. The van der Waals surface area contributed by atoms with Gasteiger partial charge in [-0.2, -0.15) is 0 Å². The van der Waals surface area contributed by atoms with Gasteiger partial charge < -0.3 is 15.4 Å². The Hall–Kier alpha value is -0.950. The van der Waals surface area contributed by atoms with Gasteiger partial charge in [0.1, 0.15) is 0 Å². The van der Waals surface area contributed by atoms with E-state index in [4.69, 9.17) is 4.74 Å². The Balaban J connectivity index is 0.00000450. The number of aliphatic imine (C=N–C) groups is 1. The summed E-state index contributed by atoms with van der Waals surface area (Å²) in [5.41, 5.74) is 0.111. The van der Waals surface area contributed by atoms with E-state index >= 15 is 0 Å². The minimum atomic E-state index is -3.62. The molecule has 0 unspecified atom stereocenters. The summed E-state index contributed by atoms with van der Waals surface area (Å²) < 4.78 is 33.6. The predicted molar refractivity (Wildman–Crippen MR) is 132 cm³/mol. The molecule has 10 heteroatoms. The van der Waals surface area contributed by atoms with Gasteiger partial charge in [-0.15, -0.1) is 24.0 Å². The van der Waals surface area contributed by atoms with Crippen molar-refractivity contribution >= 4 is 40.0 Å². The predicted octanol–water partition coefficient (Wildman–Crippen LogP) is 1.77. The Morgan fingerprint density at radius 3 is 2.47 bits per heavy atom. The smallest absolute Gasteiger partial charge is 0.241 e. The van der Waals surface area contributed by atoms with Gasteiger partial charge in [0.25, 0.3) is 0 Å². The highest BCUT2D eigenvalue weighted by Crippen LogP contribution is 2.18. The molecule has 0 aliphatic carbocycles. The van der Waals surface area contributed by atoms with Gasteiger partial charge in [-0.3, -0.25) is 4.90 Å². The van der Waals surface area contributed by atoms with E-state index < -0.39 is 15.6 Å². The van der Waals surface area contributed by atoms with Crippen LogP contribution in [0.2, 0.25) is 0 Å². The molecule has 1 aromatic rings. The highest BCUT2D eigenvalue weighted by atomic mass is 127. The number of ether oxygens (including phenoxy) is 1. The van der Waals surface area contributed by atoms with Crippen molar-refractivity contribution in [1.29, 1.82) is 0 Å². The van der Waals surface area contributed by atoms with Crippen molar-refractivity contribution in [3.63, 3.8) is 0 Å². The van der Waals surface area contributed by atoms with Gasteiger partial charge in [0.15, 0.2) is 5.96 Å². The summed E-state index contributed by atoms with van der Waals surface area (Å²) in [6, 6.07) is 6.99. The van der Waals surface area contributed by atoms with Crippen LogP contribution in [0.3, 0.4) is 0 Å². The average Bonchev–Trinajstić information content (AvgIpc) is 2.65. The molecule has 0 bridgehead atoms. The summed E-state index contributed by atoms with van der Waals surface area (Å²) >= 11 is 0. The number of benzene rings is 1. The maximum absolute atomic E-state index is 12.8. The number of nitrogens with zero attached hydrogens (tertiary/aromatic N) is 2. The van der Waals surface area contributed by atoms with Crippen LogP contribution in [-0.2, 0) is 21.3 Å². The Kier molecular flexibility index (Phi) is 11.6. The average molecular weight is 554 g/mol. The lowest BCUT2D eigenvalue weighted by Gasteiger charge is -2.26. The van der Waals surface area contributed by atoms with Gasteiger partial charge in [0.05, 0.1) is 24.7 Å². The van der Waals surface area contributed by atoms with Crippen molar-refractivity contribution < 1.29 is 13.2 Å². The quantitative estimate of drug-likeness (QED) is 0.258. The van der Waals surface area contributed by atoms with E-state index in [9.17, 15) is 8.42 Å². The number of nitrogens with one attached hydrogen (secondary N) is 3. The molecule has 1 aliphatic heterocycles. The first-order chi connectivity index (χ1) is 13.7. The van der Waals surface area contributed by atoms with Crippen molar-refractivity contribution in [2.24, 2.45) is 4.99 Å². The first-order valence-corrected chi connectivity index (χ1v) is 11.6. The van der Waals surface area contributed by atoms with Crippen molar-refractivity contribution in [2.75, 3.05) is 45.9 Å². The Labute approximate surface area is 198 Å². The van der Waals surface area contributed by atoms with Gasteiger partial charge in [-0.1, -0.05) is 18.2 Å². The topological polar surface area (TPSA) is 95.1 Å². The highest BCUT2D eigenvalue weighted by Gasteiger charge is 2.24. The fourth-order valence-electron chi connectivity index (χ4n) is 3.02. The normalized spacial score (nSPS) is 16.1. The lowest BCUT2D eigenvalue weighted by Crippen LogP contribution is -2.44. The molecule has 0 spiro atoms. The number of sulfonamides is 1. The summed E-state index contributed by atoms with van der Waals surface area (Å²) in [6.07, 6.45) is 0. The molecule has 1 saturated heterocycles. The van der Waals surface area contributed by atoms with Crippen LogP contribution in [0.1, 0.15) is 33.3 Å². The highest BCUT2D eigenvalue weighted by molar-refractivity contribution is 14.0. The summed E-state index contributed by atoms with van der Waals surface area (Å²) in [4.78, 5) is 7.21. The Morgan fingerprint density at radius 2 is 1.83 bits per heavy atom. The molecule has 0 amide bonds. The zero-order chi connectivity index (χ0) is 21.3. The van der Waals surface area contributed by atoms with Crippen molar-refractivity contribution in [3.05, 3.63) is 29.8 Å². The molecule has 8 nitrogen and oxygen atoms in total. The minimum absolute atomic E-state index is 0. The van der Waals surface area contributed by atoms with Crippen LogP contribution in [0.4, 0.5) is 0 Å². The van der Waals surface area contributed by atoms with E-state index in [0.29, 0.717) is 11.5 Å². The zero-order valence-corrected chi connectivity index (χ0v) is 21.5. The van der Waals surface area contributed by atoms with E-state index in [1.807, 2.05) is 33.8 Å². The van der Waals surface area contributed by atoms with E-state index in [0.717, 1.165) is 45.9 Å². The molecule has 0 aromatic heterocycles. The van der Waals surface area contributed by atoms with Crippen molar-refractivity contribution in [3.8, 4) is 0 Å². The second-order valence-corrected chi connectivity index (χ2v) is 9.69. The third kappa shape index (κ3) is 9.46. The maximum Gasteiger partial charge on any atom is 0.241 e. The number of guanidine groups is 1. The van der Waals surface area contributed by atoms with Crippen LogP contribution in [-0.4, -0.2) is 70.8 Å². The third-order valence-electron chi connectivity index (χ3n) is 4.28. The Morgan fingerprint density at radius 1 is 1.17 bits per heavy atom. The maximum atomic E-state index is 12.8. The standard InChI is InChI=1S/C20H35N5O3S.HI/c1-5-21-19(22-10-11-25-12-14-28-15-13-25)23-16-17-8-6-7-9-18(17)29(26,27)24-20(2,3)4;/h6-9,24H,5,10-16H2,1-4H3,(H2,21,22,23);1H. The van der Waals surface area contributed by atoms with Gasteiger partial charge in [-0.25, -0.2) is 18.1 Å². The summed E-state index contributed by atoms with van der Waals surface area (Å²) in [5, 5.41) is 6.54. The lowest BCUT2D eigenvalue weighted by molar-refractivity contribution is 0.0389. The summed E-state index contributed by atoms with van der Waals surface area (Å²) in [6.45, 7) is 13.6. The molecular weight excluding hydrogens is 517 g/mol. The second kappa shape index (κ2) is 12.8. The molecule has 1 aliphatic rings. The van der Waals surface area contributed by atoms with Gasteiger partial charge in [0.2, 0.25) is 10.0 Å². The molecule has 0 saturated carbocycles. The SMILES string of the molecule is CCNC(=NCc1ccccc1S(=O)(=O)NC(C)(C)C)NCCN1CCOCC1.I. The van der Waals surface area contributed by atoms with Crippen LogP contribution >= 0.6 is 24.0 Å². The van der Waals surface area contributed by atoms with Crippen molar-refractivity contribution in [2.45, 2.75) is 44.7 Å². The van der Waals surface area contributed by atoms with Gasteiger partial charge in [0, 0.05) is 38.3 Å². The fraction of sp³-hybridized carbons (Fsp3) is 0.650. The number of hydrogen-bond acceptors (Lipinski definition) is 5. The third-order valence-corrected chi connectivity index (χ3v) is 6.14. The number of hydrogen-bond donors (Lipinski definition) is 3. The summed E-state index contributed by atoms with van der Waals surface area (Å²) in [5.74, 6) is 0.678. The van der Waals surface area contributed by atoms with E-state index in [2.05, 4.69) is 25.2 Å². The van der Waals surface area contributed by atoms with Crippen LogP contribution in [0, 0.1) is 0 Å². The molecular formula is C20H36IN5O3S. The second-order valence-electron chi connectivity index (χ2n) is 8.04. The zero-order valence-electron chi connectivity index (χ0n) is 18.4. The molecule has 3 N–H and O–H groups in total. The molecule has 0 radical (unpaired) electrons. The van der Waals surface area contributed by atoms with Crippen LogP contribution in [0.5, 0.6) is 0 Å². The van der Waals surface area contributed by atoms with Gasteiger partial charge >= 0.3 is 0 Å². The minimum Gasteiger partial charge on any atom is -0.379 e. The van der Waals surface area contributed by atoms with Crippen molar-refractivity contribution in [1.82, 2.24) is 20.3 Å². The van der Waals surface area contributed by atoms with E-state index in [1.165, 1.54) is 0 Å². The van der Waals surface area contributed by atoms with E-state index in [-0.39, 0.29) is 35.4 Å². The van der Waals surface area contributed by atoms with Crippen LogP contribution < -0.4 is 15.4 Å². The molecule has 2 rings (SSSR count). The van der Waals surface area contributed by atoms with Crippen LogP contribution in [0.15, 0.2) is 34.2 Å². The first-order valence-electron chi connectivity index (χ1n) is 10.2. The number of halogens is 1. The lowest BCUT2D eigenvalue weighted by atomic mass is 10.1. The fourth-order valence-corrected chi connectivity index (χ4v) is 4.67. The molecule has 172 valence electrons. The number of rotatable bonds is 8. The first kappa shape index (κ1) is 27.1. The number of morpholine rings is 1.